The average Bonchev–Trinajstić information content (AvgIpc) is 3.08. The van der Waals surface area contributed by atoms with Crippen molar-refractivity contribution in [3.63, 3.8) is 0 Å². The molecule has 0 fully saturated rings. The third-order valence-electron chi connectivity index (χ3n) is 4.14. The molecule has 0 atom stereocenters. The van der Waals surface area contributed by atoms with Gasteiger partial charge in [0.15, 0.2) is 6.20 Å². The second-order valence-electron chi connectivity index (χ2n) is 5.95. The van der Waals surface area contributed by atoms with Gasteiger partial charge in [-0.2, -0.15) is 0 Å². The first-order chi connectivity index (χ1) is 12.6. The van der Waals surface area contributed by atoms with Crippen molar-refractivity contribution >= 4 is 12.3 Å². The van der Waals surface area contributed by atoms with Gasteiger partial charge in [0.25, 0.3) is 0 Å². The van der Waals surface area contributed by atoms with Gasteiger partial charge < -0.3 is 9.90 Å². The molecule has 0 spiro atoms. The lowest BCUT2D eigenvalue weighted by molar-refractivity contribution is -0.755. The fourth-order valence-electron chi connectivity index (χ4n) is 2.88. The van der Waals surface area contributed by atoms with E-state index in [4.69, 9.17) is 9.90 Å². The van der Waals surface area contributed by atoms with E-state index < -0.39 is 6.47 Å². The molecule has 0 radical (unpaired) electrons. The summed E-state index contributed by atoms with van der Waals surface area (Å²) >= 11 is 0. The number of nitrogens with zero attached hydrogens (tertiary/aromatic N) is 2. The normalized spacial score (nSPS) is 9.92. The number of aromatic nitrogens is 2. The van der Waals surface area contributed by atoms with Crippen LogP contribution in [0.2, 0.25) is 0 Å². The van der Waals surface area contributed by atoms with Crippen LogP contribution < -0.4 is 9.79 Å². The molecule has 2 aromatic carbocycles. The summed E-state index contributed by atoms with van der Waals surface area (Å²) < 4.78 is 3.95. The molecule has 1 heterocycles. The van der Waals surface area contributed by atoms with Crippen LogP contribution >= 0.6 is 0 Å². The van der Waals surface area contributed by atoms with E-state index in [2.05, 4.69) is 26.0 Å². The summed E-state index contributed by atoms with van der Waals surface area (Å²) in [5.74, 6) is 0.211. The highest BCUT2D eigenvalue weighted by Gasteiger charge is 2.17. The zero-order valence-corrected chi connectivity index (χ0v) is 15.0. The predicted octanol–water partition coefficient (Wildman–Crippen LogP) is 1.56. The molecule has 5 heteroatoms. The Balaban J connectivity index is 0.000000758. The van der Waals surface area contributed by atoms with Crippen LogP contribution in [-0.4, -0.2) is 16.9 Å². The maximum Gasteiger partial charge on any atom is 0.230 e. The van der Waals surface area contributed by atoms with Gasteiger partial charge in [0.05, 0.1) is 6.20 Å². The van der Waals surface area contributed by atoms with Gasteiger partial charge in [-0.05, 0) is 42.7 Å². The van der Waals surface area contributed by atoms with E-state index in [1.54, 1.807) is 0 Å². The molecule has 26 heavy (non-hydrogen) atoms. The second-order valence-corrected chi connectivity index (χ2v) is 5.95. The predicted molar refractivity (Wildman–Crippen MR) is 96.7 cm³/mol. The van der Waals surface area contributed by atoms with Crippen molar-refractivity contribution < 1.29 is 19.4 Å². The number of benzene rings is 2. The molecule has 0 aliphatic carbocycles. The van der Waals surface area contributed by atoms with Crippen molar-refractivity contribution in [2.75, 3.05) is 0 Å². The third-order valence-corrected chi connectivity index (χ3v) is 4.14. The lowest BCUT2D eigenvalue weighted by Gasteiger charge is -2.08. The number of ketones is 1. The largest absolute Gasteiger partial charge is 0.554 e. The molecular formula is C21H22N2O3. The Morgan fingerprint density at radius 2 is 1.65 bits per heavy atom. The summed E-state index contributed by atoms with van der Waals surface area (Å²) in [5, 5.41) is 8.25. The van der Waals surface area contributed by atoms with Crippen molar-refractivity contribution in [2.45, 2.75) is 26.8 Å². The lowest BCUT2D eigenvalue weighted by Crippen LogP contribution is -2.45. The van der Waals surface area contributed by atoms with Crippen LogP contribution in [0.15, 0.2) is 67.0 Å². The van der Waals surface area contributed by atoms with Crippen LogP contribution in [0.3, 0.4) is 0 Å². The van der Waals surface area contributed by atoms with Gasteiger partial charge in [0.1, 0.15) is 5.69 Å². The van der Waals surface area contributed by atoms with Crippen molar-refractivity contribution in [2.24, 2.45) is 0 Å². The van der Waals surface area contributed by atoms with E-state index in [1.807, 2.05) is 64.2 Å². The molecule has 0 aliphatic rings. The summed E-state index contributed by atoms with van der Waals surface area (Å²) in [6, 6.07) is 18.2. The van der Waals surface area contributed by atoms with Crippen LogP contribution in [0, 0.1) is 13.8 Å². The van der Waals surface area contributed by atoms with Gasteiger partial charge in [0.2, 0.25) is 12.3 Å². The molecule has 3 rings (SSSR count). The monoisotopic (exact) mass is 350 g/mol. The Kier molecular flexibility index (Phi) is 6.85. The van der Waals surface area contributed by atoms with Gasteiger partial charge in [0, 0.05) is 19.0 Å². The van der Waals surface area contributed by atoms with Gasteiger partial charge in [-0.3, -0.25) is 4.79 Å². The Morgan fingerprint density at radius 1 is 1.04 bits per heavy atom. The minimum absolute atomic E-state index is 0.211. The number of aryl methyl sites for hydroxylation is 2. The highest BCUT2D eigenvalue weighted by molar-refractivity contribution is 5.80. The van der Waals surface area contributed by atoms with Crippen LogP contribution in [0.4, 0.5) is 0 Å². The quantitative estimate of drug-likeness (QED) is 0.518. The van der Waals surface area contributed by atoms with E-state index in [9.17, 15) is 4.79 Å². The summed E-state index contributed by atoms with van der Waals surface area (Å²) in [5.41, 5.74) is 4.57. The second kappa shape index (κ2) is 9.32. The molecule has 0 amide bonds. The Labute approximate surface area is 153 Å². The van der Waals surface area contributed by atoms with Crippen LogP contribution in [-0.2, 0) is 22.6 Å². The first kappa shape index (κ1) is 19.1. The van der Waals surface area contributed by atoms with Crippen molar-refractivity contribution in [1.29, 1.82) is 0 Å². The number of hydrogen-bond acceptors (Lipinski definition) is 3. The molecule has 0 unspecified atom stereocenters. The van der Waals surface area contributed by atoms with Crippen molar-refractivity contribution in [3.05, 3.63) is 83.7 Å². The maximum atomic E-state index is 12.5. The fraction of sp³-hybridized carbons (Fsp3) is 0.190. The topological polar surface area (TPSA) is 66.0 Å². The number of rotatable bonds is 5. The minimum atomic E-state index is -0.500. The Bertz CT molecular complexity index is 850. The lowest BCUT2D eigenvalue weighted by atomic mass is 9.98. The number of carbonyl (C=O) groups excluding carboxylic acids is 2. The van der Waals surface area contributed by atoms with Crippen LogP contribution in [0.5, 0.6) is 0 Å². The summed E-state index contributed by atoms with van der Waals surface area (Å²) in [6.07, 6.45) is 4.39. The van der Waals surface area contributed by atoms with E-state index in [0.717, 1.165) is 11.3 Å². The Morgan fingerprint density at radius 3 is 2.27 bits per heavy atom. The number of carboxylic acid groups (broad SMARTS) is 1. The van der Waals surface area contributed by atoms with Crippen LogP contribution in [0.1, 0.15) is 16.7 Å². The molecule has 0 bridgehead atoms. The highest BCUT2D eigenvalue weighted by atomic mass is 16.3. The minimum Gasteiger partial charge on any atom is -0.554 e. The molecule has 0 aliphatic heterocycles. The zero-order chi connectivity index (χ0) is 18.9. The van der Waals surface area contributed by atoms with Crippen LogP contribution in [0.25, 0.3) is 5.69 Å². The molecule has 5 nitrogen and oxygen atoms in total. The van der Waals surface area contributed by atoms with E-state index in [0.29, 0.717) is 13.0 Å². The first-order valence-electron chi connectivity index (χ1n) is 8.31. The smallest absolute Gasteiger partial charge is 0.230 e. The summed E-state index contributed by atoms with van der Waals surface area (Å²) in [6.45, 7) is 4.00. The van der Waals surface area contributed by atoms with Gasteiger partial charge in [-0.15, -0.1) is 9.36 Å². The molecule has 0 saturated heterocycles. The molecule has 0 saturated carbocycles. The Hall–Kier alpha value is -3.21. The molecule has 134 valence electrons. The number of Topliss-reactive ketones (excluding diaryl/α,β-unsaturated/α-hetero) is 1. The molecule has 0 N–H and O–H groups in total. The molecule has 1 aromatic heterocycles. The number of hydrogen-bond donors (Lipinski definition) is 0. The maximum absolute atomic E-state index is 12.5. The first-order valence-corrected chi connectivity index (χ1v) is 8.31. The van der Waals surface area contributed by atoms with Crippen molar-refractivity contribution in [3.8, 4) is 5.69 Å². The van der Waals surface area contributed by atoms with Gasteiger partial charge in [-0.1, -0.05) is 36.4 Å². The summed E-state index contributed by atoms with van der Waals surface area (Å²) in [7, 11) is 0. The van der Waals surface area contributed by atoms with E-state index in [1.165, 1.54) is 11.1 Å². The number of carbonyl (C=O) groups is 2. The zero-order valence-electron chi connectivity index (χ0n) is 15.0. The fourth-order valence-corrected chi connectivity index (χ4v) is 2.88. The third kappa shape index (κ3) is 4.89. The number of para-hydroxylation sites is 1. The molecule has 3 aromatic rings. The summed E-state index contributed by atoms with van der Waals surface area (Å²) in [4.78, 5) is 20.8. The van der Waals surface area contributed by atoms with Gasteiger partial charge >= 0.3 is 0 Å². The standard InChI is InChI=1S/C20H21N2O.CH2O2/c1-16-8-6-9-17(2)20(16)14-19(23)15-21-12-7-13-22(21)18-10-4-3-5-11-18;2-1-3/h3-13H,14-15H2,1-2H3;1H,(H,2,3)/q+1;/p-1. The SMILES string of the molecule is Cc1cccc(C)c1CC(=O)C[n+]1cccn1-c1ccccc1.O=C[O-]. The molecular weight excluding hydrogens is 328 g/mol. The van der Waals surface area contributed by atoms with E-state index in [-0.39, 0.29) is 5.78 Å². The average molecular weight is 350 g/mol. The van der Waals surface area contributed by atoms with Gasteiger partial charge in [-0.25, -0.2) is 0 Å². The highest BCUT2D eigenvalue weighted by Crippen LogP contribution is 2.14. The van der Waals surface area contributed by atoms with E-state index >= 15 is 0 Å². The van der Waals surface area contributed by atoms with Crippen molar-refractivity contribution in [1.82, 2.24) is 4.68 Å².